The molecule has 3 aromatic heterocycles. The fourth-order valence-electron chi connectivity index (χ4n) is 3.26. The van der Waals surface area contributed by atoms with E-state index in [1.165, 1.54) is 0 Å². The Balaban J connectivity index is 0.00000289. The van der Waals surface area contributed by atoms with E-state index in [0.717, 1.165) is 28.7 Å². The van der Waals surface area contributed by atoms with Crippen molar-refractivity contribution in [3.63, 3.8) is 0 Å². The summed E-state index contributed by atoms with van der Waals surface area (Å²) in [6, 6.07) is 19.0. The Labute approximate surface area is 196 Å². The summed E-state index contributed by atoms with van der Waals surface area (Å²) in [5.74, 6) is -0.841. The number of rotatable bonds is 4. The fraction of sp³-hybridized carbons (Fsp3) is 0.174. The minimum absolute atomic E-state index is 0. The van der Waals surface area contributed by atoms with Crippen molar-refractivity contribution < 1.29 is 38.6 Å². The molecule has 4 aromatic rings. The third kappa shape index (κ3) is 4.65. The molecule has 0 radical (unpaired) electrons. The molecule has 4 nitrogen and oxygen atoms in total. The summed E-state index contributed by atoms with van der Waals surface area (Å²) in [7, 11) is 0. The Morgan fingerprint density at radius 1 is 1.00 bits per heavy atom. The summed E-state index contributed by atoms with van der Waals surface area (Å²) in [6.45, 7) is 3.24. The van der Waals surface area contributed by atoms with E-state index in [0.29, 0.717) is 11.4 Å². The molecule has 4 rings (SSSR count). The van der Waals surface area contributed by atoms with Crippen molar-refractivity contribution in [2.45, 2.75) is 25.4 Å². The molecule has 0 aliphatic rings. The number of hydrogen-bond acceptors (Lipinski definition) is 3. The van der Waals surface area contributed by atoms with Crippen LogP contribution in [-0.2, 0) is 32.7 Å². The topological polar surface area (TPSA) is 43.6 Å². The van der Waals surface area contributed by atoms with Gasteiger partial charge in [0.15, 0.2) is 0 Å². The smallest absolute Gasteiger partial charge is 0.300 e. The zero-order valence-corrected chi connectivity index (χ0v) is 19.2. The van der Waals surface area contributed by atoms with Crippen LogP contribution in [0.4, 0.5) is 17.6 Å². The van der Waals surface area contributed by atoms with E-state index in [-0.39, 0.29) is 32.4 Å². The van der Waals surface area contributed by atoms with Crippen LogP contribution in [0.5, 0.6) is 0 Å². The molecule has 0 fully saturated rings. The average Bonchev–Trinajstić information content (AvgIpc) is 3.22. The molecule has 0 aliphatic carbocycles. The number of benzene rings is 1. The van der Waals surface area contributed by atoms with Gasteiger partial charge in [0, 0.05) is 11.9 Å². The van der Waals surface area contributed by atoms with Gasteiger partial charge in [-0.25, -0.2) is 10.5 Å². The second-order valence-electron chi connectivity index (χ2n) is 7.40. The Morgan fingerprint density at radius 3 is 2.44 bits per heavy atom. The van der Waals surface area contributed by atoms with Crippen LogP contribution in [0, 0.1) is 18.1 Å². The second-order valence-corrected chi connectivity index (χ2v) is 7.40. The van der Waals surface area contributed by atoms with Crippen LogP contribution < -0.4 is 0 Å². The molecule has 0 bridgehead atoms. The van der Waals surface area contributed by atoms with E-state index in [9.17, 15) is 17.6 Å². The van der Waals surface area contributed by atoms with Gasteiger partial charge in [0.25, 0.3) is 0 Å². The predicted molar refractivity (Wildman–Crippen MR) is 106 cm³/mol. The molecule has 0 amide bonds. The second kappa shape index (κ2) is 8.94. The van der Waals surface area contributed by atoms with Crippen molar-refractivity contribution in [3.8, 4) is 16.9 Å². The van der Waals surface area contributed by atoms with E-state index in [1.54, 1.807) is 38.1 Å². The molecule has 9 heteroatoms. The summed E-state index contributed by atoms with van der Waals surface area (Å²) < 4.78 is 56.1. The van der Waals surface area contributed by atoms with Gasteiger partial charge in [-0.3, -0.25) is 9.67 Å². The van der Waals surface area contributed by atoms with Crippen molar-refractivity contribution >= 4 is 0 Å². The average molecular weight is 619 g/mol. The Bertz CT molecular complexity index is 1220. The monoisotopic (exact) mass is 619 g/mol. The van der Waals surface area contributed by atoms with Crippen LogP contribution in [-0.4, -0.2) is 19.7 Å². The van der Waals surface area contributed by atoms with Crippen LogP contribution in [0.25, 0.3) is 16.9 Å². The van der Waals surface area contributed by atoms with E-state index >= 15 is 0 Å². The van der Waals surface area contributed by atoms with Crippen LogP contribution in [0.3, 0.4) is 0 Å². The maximum atomic E-state index is 13.9. The van der Waals surface area contributed by atoms with Crippen LogP contribution in [0.1, 0.15) is 30.8 Å². The first kappa shape index (κ1) is 23.8. The normalized spacial score (nSPS) is 11.8. The number of nitrogens with zero attached hydrogens (tertiary/aromatic N) is 4. The summed E-state index contributed by atoms with van der Waals surface area (Å²) >= 11 is 0. The van der Waals surface area contributed by atoms with Gasteiger partial charge >= 0.3 is 27.2 Å². The SMILES string of the molecule is CC(C)(c1cccc(-c2[c-]cccc2)n1)c1nn(-c2[c-]cnc(F)c2)cc1C(F)(F)F.[Pt+2]. The molecule has 0 unspecified atom stereocenters. The predicted octanol–water partition coefficient (Wildman–Crippen LogP) is 5.41. The quantitative estimate of drug-likeness (QED) is 0.174. The molecular formula is C23H16F4N4Pt. The molecule has 0 spiro atoms. The molecule has 0 saturated carbocycles. The summed E-state index contributed by atoms with van der Waals surface area (Å²) in [6.07, 6.45) is -2.79. The minimum Gasteiger partial charge on any atom is -0.300 e. The van der Waals surface area contributed by atoms with E-state index in [1.807, 2.05) is 18.2 Å². The van der Waals surface area contributed by atoms with Gasteiger partial charge in [-0.05, 0) is 25.6 Å². The molecule has 32 heavy (non-hydrogen) atoms. The Kier molecular flexibility index (Phi) is 6.65. The standard InChI is InChI=1S/C23H16F4N4.Pt/c1-22(2,19-10-6-9-18(29-19)15-7-4-3-5-8-15)21-17(23(25,26)27)14-31(30-21)16-11-12-28-20(24)13-16;/h3-7,9-10,12-14H,1-2H3;/q-2;+2. The molecule has 166 valence electrons. The number of alkyl halides is 3. The zero-order chi connectivity index (χ0) is 22.2. The summed E-state index contributed by atoms with van der Waals surface area (Å²) in [5, 5.41) is 4.16. The van der Waals surface area contributed by atoms with Crippen LogP contribution in [0.2, 0.25) is 0 Å². The van der Waals surface area contributed by atoms with Crippen molar-refractivity contribution in [2.75, 3.05) is 0 Å². The molecule has 3 heterocycles. The maximum absolute atomic E-state index is 13.9. The maximum Gasteiger partial charge on any atom is 2.00 e. The molecular weight excluding hydrogens is 603 g/mol. The van der Waals surface area contributed by atoms with Gasteiger partial charge in [-0.15, -0.1) is 42.0 Å². The molecule has 0 atom stereocenters. The molecule has 0 saturated heterocycles. The molecule has 0 N–H and O–H groups in total. The number of pyridine rings is 2. The first-order valence-corrected chi connectivity index (χ1v) is 9.32. The third-order valence-electron chi connectivity index (χ3n) is 4.89. The van der Waals surface area contributed by atoms with E-state index < -0.39 is 23.1 Å². The largest absolute Gasteiger partial charge is 2.00 e. The van der Waals surface area contributed by atoms with Crippen molar-refractivity contribution in [1.29, 1.82) is 0 Å². The van der Waals surface area contributed by atoms with E-state index in [2.05, 4.69) is 27.2 Å². The van der Waals surface area contributed by atoms with Crippen molar-refractivity contribution in [2.24, 2.45) is 0 Å². The van der Waals surface area contributed by atoms with Crippen molar-refractivity contribution in [3.05, 3.63) is 96.0 Å². The number of aromatic nitrogens is 4. The van der Waals surface area contributed by atoms with E-state index in [4.69, 9.17) is 0 Å². The summed E-state index contributed by atoms with van der Waals surface area (Å²) in [5.41, 5.74) is -0.628. The minimum atomic E-state index is -4.67. The first-order valence-electron chi connectivity index (χ1n) is 9.32. The first-order chi connectivity index (χ1) is 14.7. The van der Waals surface area contributed by atoms with Crippen LogP contribution >= 0.6 is 0 Å². The fourth-order valence-corrected chi connectivity index (χ4v) is 3.26. The number of halogens is 4. The van der Waals surface area contributed by atoms with Gasteiger partial charge in [0.1, 0.15) is 5.95 Å². The zero-order valence-electron chi connectivity index (χ0n) is 16.9. The Morgan fingerprint density at radius 2 is 1.78 bits per heavy atom. The van der Waals surface area contributed by atoms with Crippen LogP contribution in [0.15, 0.2) is 60.9 Å². The Hall–Kier alpha value is -2.86. The summed E-state index contributed by atoms with van der Waals surface area (Å²) in [4.78, 5) is 7.96. The van der Waals surface area contributed by atoms with Gasteiger partial charge in [-0.2, -0.15) is 18.3 Å². The third-order valence-corrected chi connectivity index (χ3v) is 4.89. The van der Waals surface area contributed by atoms with Gasteiger partial charge in [-0.1, -0.05) is 24.0 Å². The van der Waals surface area contributed by atoms with Gasteiger partial charge < -0.3 is 4.98 Å². The number of hydrogen-bond donors (Lipinski definition) is 0. The molecule has 1 aromatic carbocycles. The van der Waals surface area contributed by atoms with Gasteiger partial charge in [0.2, 0.25) is 0 Å². The van der Waals surface area contributed by atoms with Crippen molar-refractivity contribution in [1.82, 2.24) is 19.7 Å². The van der Waals surface area contributed by atoms with Gasteiger partial charge in [0.05, 0.1) is 16.7 Å². The molecule has 0 aliphatic heterocycles.